The zero-order chi connectivity index (χ0) is 16.2. The van der Waals surface area contributed by atoms with E-state index in [1.165, 1.54) is 24.3 Å². The molecule has 0 bridgehead atoms. The van der Waals surface area contributed by atoms with Crippen molar-refractivity contribution in [2.75, 3.05) is 19.8 Å². The Morgan fingerprint density at radius 3 is 2.36 bits per heavy atom. The van der Waals surface area contributed by atoms with Crippen LogP contribution in [0.25, 0.3) is 0 Å². The molecule has 2 rings (SSSR count). The zero-order valence-corrected chi connectivity index (χ0v) is 11.8. The van der Waals surface area contributed by atoms with Crippen LogP contribution in [0.3, 0.4) is 0 Å². The molecular formula is C15H15F3N2O2. The van der Waals surface area contributed by atoms with Gasteiger partial charge in [0.1, 0.15) is 6.54 Å². The van der Waals surface area contributed by atoms with Crippen LogP contribution in [-0.4, -0.2) is 42.8 Å². The number of carbonyl (C=O) groups is 1. The predicted molar refractivity (Wildman–Crippen MR) is 72.1 cm³/mol. The standard InChI is InChI=1S/C15H15F3N2O2/c16-15(17,18)10-20(13-5-7-22-8-6-13)14(21)12-3-1-11(9-19)2-4-12/h1-4,13H,5-8,10H2. The minimum atomic E-state index is -4.46. The van der Waals surface area contributed by atoms with Gasteiger partial charge in [-0.25, -0.2) is 0 Å². The Balaban J connectivity index is 2.22. The van der Waals surface area contributed by atoms with Crippen LogP contribution in [0.5, 0.6) is 0 Å². The molecule has 22 heavy (non-hydrogen) atoms. The molecule has 0 aromatic heterocycles. The highest BCUT2D eigenvalue weighted by atomic mass is 19.4. The maximum Gasteiger partial charge on any atom is 0.406 e. The lowest BCUT2D eigenvalue weighted by atomic mass is 10.0. The van der Waals surface area contributed by atoms with Crippen molar-refractivity contribution in [2.45, 2.75) is 25.1 Å². The van der Waals surface area contributed by atoms with Crippen molar-refractivity contribution in [2.24, 2.45) is 0 Å². The number of hydrogen-bond donors (Lipinski definition) is 0. The fourth-order valence-electron chi connectivity index (χ4n) is 2.41. The lowest BCUT2D eigenvalue weighted by Crippen LogP contribution is -2.47. The maximum atomic E-state index is 12.8. The van der Waals surface area contributed by atoms with Gasteiger partial charge < -0.3 is 9.64 Å². The molecule has 118 valence electrons. The number of nitriles is 1. The number of alkyl halides is 3. The summed E-state index contributed by atoms with van der Waals surface area (Å²) in [5, 5.41) is 8.72. The summed E-state index contributed by atoms with van der Waals surface area (Å²) < 4.78 is 43.5. The molecule has 0 N–H and O–H groups in total. The largest absolute Gasteiger partial charge is 0.406 e. The van der Waals surface area contributed by atoms with E-state index in [2.05, 4.69) is 0 Å². The number of carbonyl (C=O) groups excluding carboxylic acids is 1. The molecule has 1 saturated heterocycles. The first kappa shape index (κ1) is 16.3. The summed E-state index contributed by atoms with van der Waals surface area (Å²) >= 11 is 0. The Morgan fingerprint density at radius 2 is 1.86 bits per heavy atom. The number of halogens is 3. The molecule has 7 heteroatoms. The van der Waals surface area contributed by atoms with Crippen LogP contribution >= 0.6 is 0 Å². The first-order valence-corrected chi connectivity index (χ1v) is 6.86. The highest BCUT2D eigenvalue weighted by Crippen LogP contribution is 2.24. The third kappa shape index (κ3) is 4.21. The van der Waals surface area contributed by atoms with Gasteiger partial charge in [0.15, 0.2) is 0 Å². The minimum Gasteiger partial charge on any atom is -0.381 e. The van der Waals surface area contributed by atoms with Crippen LogP contribution in [0.2, 0.25) is 0 Å². The number of rotatable bonds is 3. The molecule has 0 atom stereocenters. The monoisotopic (exact) mass is 312 g/mol. The second kappa shape index (κ2) is 6.79. The molecule has 1 fully saturated rings. The van der Waals surface area contributed by atoms with Crippen molar-refractivity contribution in [3.05, 3.63) is 35.4 Å². The number of amides is 1. The lowest BCUT2D eigenvalue weighted by molar-refractivity contribution is -0.147. The SMILES string of the molecule is N#Cc1ccc(C(=O)N(CC(F)(F)F)C2CCOCC2)cc1. The molecule has 1 aliphatic heterocycles. The van der Waals surface area contributed by atoms with E-state index in [-0.39, 0.29) is 5.56 Å². The molecule has 0 unspecified atom stereocenters. The lowest BCUT2D eigenvalue weighted by Gasteiger charge is -2.34. The molecular weight excluding hydrogens is 297 g/mol. The first-order valence-electron chi connectivity index (χ1n) is 6.86. The second-order valence-electron chi connectivity index (χ2n) is 5.08. The quantitative estimate of drug-likeness (QED) is 0.862. The first-order chi connectivity index (χ1) is 10.4. The summed E-state index contributed by atoms with van der Waals surface area (Å²) in [4.78, 5) is 13.3. The normalized spacial score (nSPS) is 16.1. The van der Waals surface area contributed by atoms with Crippen LogP contribution in [0.4, 0.5) is 13.2 Å². The smallest absolute Gasteiger partial charge is 0.381 e. The van der Waals surface area contributed by atoms with Gasteiger partial charge in [0.2, 0.25) is 0 Å². The number of hydrogen-bond acceptors (Lipinski definition) is 3. The third-order valence-electron chi connectivity index (χ3n) is 3.50. The average Bonchev–Trinajstić information content (AvgIpc) is 2.52. The van der Waals surface area contributed by atoms with E-state index >= 15 is 0 Å². The Hall–Kier alpha value is -2.07. The summed E-state index contributed by atoms with van der Waals surface area (Å²) in [7, 11) is 0. The van der Waals surface area contributed by atoms with E-state index in [1.807, 2.05) is 6.07 Å². The van der Waals surface area contributed by atoms with Gasteiger partial charge in [-0.3, -0.25) is 4.79 Å². The fraction of sp³-hybridized carbons (Fsp3) is 0.467. The molecule has 4 nitrogen and oxygen atoms in total. The van der Waals surface area contributed by atoms with Crippen molar-refractivity contribution in [3.63, 3.8) is 0 Å². The molecule has 0 saturated carbocycles. The van der Waals surface area contributed by atoms with E-state index in [0.717, 1.165) is 4.90 Å². The zero-order valence-electron chi connectivity index (χ0n) is 11.8. The van der Waals surface area contributed by atoms with Crippen LogP contribution in [-0.2, 0) is 4.74 Å². The van der Waals surface area contributed by atoms with Crippen molar-refractivity contribution in [1.82, 2.24) is 4.90 Å². The number of ether oxygens (including phenoxy) is 1. The Bertz CT molecular complexity index is 558. The molecule has 1 aromatic carbocycles. The van der Waals surface area contributed by atoms with Gasteiger partial charge in [-0.15, -0.1) is 0 Å². The molecule has 1 heterocycles. The molecule has 1 aromatic rings. The van der Waals surface area contributed by atoms with E-state index < -0.39 is 24.7 Å². The molecule has 0 spiro atoms. The number of benzene rings is 1. The van der Waals surface area contributed by atoms with Gasteiger partial charge in [-0.1, -0.05) is 0 Å². The van der Waals surface area contributed by atoms with Crippen molar-refractivity contribution >= 4 is 5.91 Å². The van der Waals surface area contributed by atoms with Gasteiger partial charge in [0.25, 0.3) is 5.91 Å². The third-order valence-corrected chi connectivity index (χ3v) is 3.50. The summed E-state index contributed by atoms with van der Waals surface area (Å²) in [5.41, 5.74) is 0.500. The van der Waals surface area contributed by atoms with Gasteiger partial charge in [-0.2, -0.15) is 18.4 Å². The minimum absolute atomic E-state index is 0.148. The highest BCUT2D eigenvalue weighted by molar-refractivity contribution is 5.94. The van der Waals surface area contributed by atoms with E-state index in [0.29, 0.717) is 31.6 Å². The Kier molecular flexibility index (Phi) is 5.03. The number of nitrogens with zero attached hydrogens (tertiary/aromatic N) is 2. The Morgan fingerprint density at radius 1 is 1.27 bits per heavy atom. The highest BCUT2D eigenvalue weighted by Gasteiger charge is 2.37. The van der Waals surface area contributed by atoms with E-state index in [1.54, 1.807) is 0 Å². The maximum absolute atomic E-state index is 12.8. The van der Waals surface area contributed by atoms with Gasteiger partial charge >= 0.3 is 6.18 Å². The average molecular weight is 312 g/mol. The second-order valence-corrected chi connectivity index (χ2v) is 5.08. The van der Waals surface area contributed by atoms with Crippen LogP contribution in [0.1, 0.15) is 28.8 Å². The van der Waals surface area contributed by atoms with Crippen molar-refractivity contribution < 1.29 is 22.7 Å². The van der Waals surface area contributed by atoms with Crippen molar-refractivity contribution in [1.29, 1.82) is 5.26 Å². The van der Waals surface area contributed by atoms with E-state index in [4.69, 9.17) is 10.00 Å². The molecule has 0 radical (unpaired) electrons. The Labute approximate surface area is 126 Å². The predicted octanol–water partition coefficient (Wildman–Crippen LogP) is 2.74. The fourth-order valence-corrected chi connectivity index (χ4v) is 2.41. The van der Waals surface area contributed by atoms with Crippen LogP contribution in [0, 0.1) is 11.3 Å². The summed E-state index contributed by atoms with van der Waals surface area (Å²) in [6.45, 7) is -0.587. The van der Waals surface area contributed by atoms with Crippen LogP contribution < -0.4 is 0 Å². The molecule has 1 amide bonds. The summed E-state index contributed by atoms with van der Waals surface area (Å²) in [6, 6.07) is 7.01. The van der Waals surface area contributed by atoms with Gasteiger partial charge in [0, 0.05) is 24.8 Å². The molecule has 1 aliphatic rings. The van der Waals surface area contributed by atoms with Crippen molar-refractivity contribution in [3.8, 4) is 6.07 Å². The van der Waals surface area contributed by atoms with Crippen LogP contribution in [0.15, 0.2) is 24.3 Å². The summed E-state index contributed by atoms with van der Waals surface area (Å²) in [6.07, 6.45) is -3.68. The van der Waals surface area contributed by atoms with Gasteiger partial charge in [-0.05, 0) is 37.1 Å². The summed E-state index contributed by atoms with van der Waals surface area (Å²) in [5.74, 6) is -0.672. The van der Waals surface area contributed by atoms with E-state index in [9.17, 15) is 18.0 Å². The van der Waals surface area contributed by atoms with Gasteiger partial charge in [0.05, 0.1) is 11.6 Å². The molecule has 0 aliphatic carbocycles. The topological polar surface area (TPSA) is 53.3 Å².